The van der Waals surface area contributed by atoms with Gasteiger partial charge >= 0.3 is 6.61 Å². The van der Waals surface area contributed by atoms with Gasteiger partial charge in [-0.05, 0) is 22.0 Å². The van der Waals surface area contributed by atoms with Gasteiger partial charge in [0, 0.05) is 12.4 Å². The van der Waals surface area contributed by atoms with Crippen LogP contribution >= 0.6 is 15.9 Å². The molecule has 5 heteroatoms. The lowest BCUT2D eigenvalue weighted by molar-refractivity contribution is -0.0504. The predicted octanol–water partition coefficient (Wildman–Crippen LogP) is 2.45. The average molecular weight is 224 g/mol. The molecule has 0 aliphatic carbocycles. The highest BCUT2D eigenvalue weighted by Crippen LogP contribution is 2.23. The highest BCUT2D eigenvalue weighted by molar-refractivity contribution is 9.10. The minimum Gasteiger partial charge on any atom is -0.434 e. The second-order valence-electron chi connectivity index (χ2n) is 1.68. The Morgan fingerprint density at radius 2 is 2.27 bits per heavy atom. The quantitative estimate of drug-likeness (QED) is 0.769. The lowest BCUT2D eigenvalue weighted by Gasteiger charge is -2.04. The summed E-state index contributed by atoms with van der Waals surface area (Å²) in [5.74, 6) is 0.0926. The monoisotopic (exact) mass is 223 g/mol. The maximum atomic E-state index is 11.6. The molecule has 0 unspecified atom stereocenters. The Bertz CT molecular complexity index is 244. The second kappa shape index (κ2) is 3.61. The van der Waals surface area contributed by atoms with E-state index < -0.39 is 6.61 Å². The lowest BCUT2D eigenvalue weighted by Crippen LogP contribution is -2.02. The molecule has 0 aromatic carbocycles. The summed E-state index contributed by atoms with van der Waals surface area (Å²) < 4.78 is 27.8. The van der Waals surface area contributed by atoms with E-state index in [1.54, 1.807) is 0 Å². The van der Waals surface area contributed by atoms with Crippen molar-refractivity contribution in [2.75, 3.05) is 0 Å². The third kappa shape index (κ3) is 2.42. The zero-order chi connectivity index (χ0) is 8.27. The SMILES string of the molecule is FC(F)Oc1ccncc1Br. The molecule has 1 aromatic rings. The van der Waals surface area contributed by atoms with Crippen LogP contribution in [0.1, 0.15) is 0 Å². The van der Waals surface area contributed by atoms with Crippen LogP contribution in [0.2, 0.25) is 0 Å². The van der Waals surface area contributed by atoms with Crippen molar-refractivity contribution in [1.82, 2.24) is 4.98 Å². The van der Waals surface area contributed by atoms with E-state index in [4.69, 9.17) is 0 Å². The van der Waals surface area contributed by atoms with Crippen LogP contribution in [-0.2, 0) is 0 Å². The van der Waals surface area contributed by atoms with E-state index in [-0.39, 0.29) is 5.75 Å². The molecule has 0 atom stereocenters. The number of hydrogen-bond donors (Lipinski definition) is 0. The normalized spacial score (nSPS) is 10.2. The first-order valence-corrected chi connectivity index (χ1v) is 3.54. The van der Waals surface area contributed by atoms with Crippen molar-refractivity contribution >= 4 is 15.9 Å². The van der Waals surface area contributed by atoms with Gasteiger partial charge in [-0.1, -0.05) is 0 Å². The summed E-state index contributed by atoms with van der Waals surface area (Å²) >= 11 is 3.00. The number of halogens is 3. The number of aromatic nitrogens is 1. The van der Waals surface area contributed by atoms with Crippen LogP contribution in [0.25, 0.3) is 0 Å². The van der Waals surface area contributed by atoms with E-state index in [2.05, 4.69) is 25.7 Å². The highest BCUT2D eigenvalue weighted by atomic mass is 79.9. The van der Waals surface area contributed by atoms with Gasteiger partial charge in [0.25, 0.3) is 0 Å². The first-order chi connectivity index (χ1) is 5.20. The molecule has 0 fully saturated rings. The Morgan fingerprint density at radius 1 is 1.55 bits per heavy atom. The number of hydrogen-bond acceptors (Lipinski definition) is 2. The van der Waals surface area contributed by atoms with Crippen molar-refractivity contribution in [3.05, 3.63) is 22.9 Å². The van der Waals surface area contributed by atoms with Crippen molar-refractivity contribution in [2.45, 2.75) is 6.61 Å². The zero-order valence-corrected chi connectivity index (χ0v) is 6.88. The standard InChI is InChI=1S/C6H4BrF2NO/c7-4-3-10-2-1-5(4)11-6(8)9/h1-3,6H. The fourth-order valence-corrected chi connectivity index (χ4v) is 0.898. The summed E-state index contributed by atoms with van der Waals surface area (Å²) in [6.07, 6.45) is 2.76. The molecular formula is C6H4BrF2NO. The molecule has 0 N–H and O–H groups in total. The minimum absolute atomic E-state index is 0.0926. The number of pyridine rings is 1. The van der Waals surface area contributed by atoms with Crippen molar-refractivity contribution in [2.24, 2.45) is 0 Å². The average Bonchev–Trinajstić information content (AvgIpc) is 1.93. The van der Waals surface area contributed by atoms with E-state index >= 15 is 0 Å². The predicted molar refractivity (Wildman–Crippen MR) is 38.6 cm³/mol. The van der Waals surface area contributed by atoms with Crippen molar-refractivity contribution < 1.29 is 13.5 Å². The second-order valence-corrected chi connectivity index (χ2v) is 2.54. The van der Waals surface area contributed by atoms with Crippen LogP contribution in [0.3, 0.4) is 0 Å². The lowest BCUT2D eigenvalue weighted by atomic mass is 10.5. The minimum atomic E-state index is -2.80. The first-order valence-electron chi connectivity index (χ1n) is 2.74. The van der Waals surface area contributed by atoms with Gasteiger partial charge in [-0.2, -0.15) is 8.78 Å². The van der Waals surface area contributed by atoms with Crippen LogP contribution in [0.4, 0.5) is 8.78 Å². The van der Waals surface area contributed by atoms with E-state index in [1.165, 1.54) is 18.5 Å². The fourth-order valence-electron chi connectivity index (χ4n) is 0.554. The van der Waals surface area contributed by atoms with E-state index in [0.29, 0.717) is 4.47 Å². The Hall–Kier alpha value is -0.710. The summed E-state index contributed by atoms with van der Waals surface area (Å²) in [4.78, 5) is 3.68. The van der Waals surface area contributed by atoms with Gasteiger partial charge < -0.3 is 4.74 Å². The molecule has 0 aliphatic heterocycles. The molecular weight excluding hydrogens is 220 g/mol. The van der Waals surface area contributed by atoms with E-state index in [1.807, 2.05) is 0 Å². The third-order valence-corrected chi connectivity index (χ3v) is 1.55. The molecule has 1 aromatic heterocycles. The third-order valence-electron chi connectivity index (χ3n) is 0.951. The van der Waals surface area contributed by atoms with Crippen molar-refractivity contribution in [3.8, 4) is 5.75 Å². The van der Waals surface area contributed by atoms with Crippen molar-refractivity contribution in [1.29, 1.82) is 0 Å². The molecule has 1 rings (SSSR count). The van der Waals surface area contributed by atoms with Crippen LogP contribution < -0.4 is 4.74 Å². The number of ether oxygens (including phenoxy) is 1. The topological polar surface area (TPSA) is 22.1 Å². The van der Waals surface area contributed by atoms with Crippen molar-refractivity contribution in [3.63, 3.8) is 0 Å². The van der Waals surface area contributed by atoms with Crippen LogP contribution in [0, 0.1) is 0 Å². The number of alkyl halides is 2. The molecule has 0 radical (unpaired) electrons. The first kappa shape index (κ1) is 8.39. The maximum Gasteiger partial charge on any atom is 0.387 e. The summed E-state index contributed by atoms with van der Waals surface area (Å²) in [5, 5.41) is 0. The molecule has 11 heavy (non-hydrogen) atoms. The molecule has 1 heterocycles. The van der Waals surface area contributed by atoms with Gasteiger partial charge in [-0.3, -0.25) is 4.98 Å². The van der Waals surface area contributed by atoms with Crippen LogP contribution in [0.5, 0.6) is 5.75 Å². The molecule has 2 nitrogen and oxygen atoms in total. The Kier molecular flexibility index (Phi) is 2.76. The Labute approximate surface area is 70.3 Å². The Morgan fingerprint density at radius 3 is 2.82 bits per heavy atom. The summed E-state index contributed by atoms with van der Waals surface area (Å²) in [7, 11) is 0. The highest BCUT2D eigenvalue weighted by Gasteiger charge is 2.06. The van der Waals surface area contributed by atoms with Gasteiger partial charge in [-0.25, -0.2) is 0 Å². The largest absolute Gasteiger partial charge is 0.434 e. The van der Waals surface area contributed by atoms with Gasteiger partial charge in [0.15, 0.2) is 0 Å². The zero-order valence-electron chi connectivity index (χ0n) is 5.30. The van der Waals surface area contributed by atoms with E-state index in [9.17, 15) is 8.78 Å². The van der Waals surface area contributed by atoms with Crippen LogP contribution in [-0.4, -0.2) is 11.6 Å². The van der Waals surface area contributed by atoms with Gasteiger partial charge in [0.2, 0.25) is 0 Å². The number of nitrogens with zero attached hydrogens (tertiary/aromatic N) is 1. The summed E-state index contributed by atoms with van der Waals surface area (Å²) in [6.45, 7) is -2.80. The summed E-state index contributed by atoms with van der Waals surface area (Å²) in [5.41, 5.74) is 0. The number of rotatable bonds is 2. The summed E-state index contributed by atoms with van der Waals surface area (Å²) in [6, 6.07) is 1.36. The molecule has 0 amide bonds. The van der Waals surface area contributed by atoms with Gasteiger partial charge in [0.05, 0.1) is 4.47 Å². The fraction of sp³-hybridized carbons (Fsp3) is 0.167. The molecule has 0 saturated heterocycles. The molecule has 0 spiro atoms. The Balaban J connectivity index is 2.78. The molecule has 0 saturated carbocycles. The van der Waals surface area contributed by atoms with Crippen LogP contribution in [0.15, 0.2) is 22.9 Å². The smallest absolute Gasteiger partial charge is 0.387 e. The van der Waals surface area contributed by atoms with E-state index in [0.717, 1.165) is 0 Å². The molecule has 60 valence electrons. The maximum absolute atomic E-state index is 11.6. The molecule has 0 bridgehead atoms. The molecule has 0 aliphatic rings. The van der Waals surface area contributed by atoms with Gasteiger partial charge in [0.1, 0.15) is 5.75 Å². The van der Waals surface area contributed by atoms with Gasteiger partial charge in [-0.15, -0.1) is 0 Å².